The third-order valence-electron chi connectivity index (χ3n) is 2.53. The maximum Gasteiger partial charge on any atom is 0.189 e. The Labute approximate surface area is 117 Å². The van der Waals surface area contributed by atoms with E-state index in [9.17, 15) is 4.39 Å². The van der Waals surface area contributed by atoms with Gasteiger partial charge < -0.3 is 5.32 Å². The molecular weight excluding hydrogens is 261 g/mol. The van der Waals surface area contributed by atoms with Gasteiger partial charge in [0.2, 0.25) is 0 Å². The molecule has 0 amide bonds. The van der Waals surface area contributed by atoms with Gasteiger partial charge in [0.25, 0.3) is 0 Å². The predicted molar refractivity (Wildman–Crippen MR) is 80.6 cm³/mol. The summed E-state index contributed by atoms with van der Waals surface area (Å²) in [7, 11) is 1.84. The molecule has 5 heteroatoms. The van der Waals surface area contributed by atoms with Gasteiger partial charge in [0.05, 0.1) is 11.4 Å². The van der Waals surface area contributed by atoms with Crippen LogP contribution in [0.3, 0.4) is 0 Å². The minimum atomic E-state index is -0.339. The first kappa shape index (κ1) is 13.3. The standard InChI is InChI=1S/C14H14FN3S/c1-18(11-7-3-2-4-8-11)17-14(19)16-13-10-6-5-9-12(13)15/h2-10H,1H3,(H2,16,17,19). The maximum absolute atomic E-state index is 13.4. The Morgan fingerprint density at radius 3 is 2.37 bits per heavy atom. The summed E-state index contributed by atoms with van der Waals surface area (Å²) in [6, 6.07) is 16.1. The van der Waals surface area contributed by atoms with Crippen molar-refractivity contribution in [2.75, 3.05) is 17.4 Å². The van der Waals surface area contributed by atoms with Gasteiger partial charge in [-0.15, -0.1) is 0 Å². The van der Waals surface area contributed by atoms with Crippen molar-refractivity contribution in [3.05, 3.63) is 60.4 Å². The number of hydrogen-bond acceptors (Lipinski definition) is 2. The molecule has 0 saturated heterocycles. The first-order valence-electron chi connectivity index (χ1n) is 5.78. The molecule has 0 saturated carbocycles. The van der Waals surface area contributed by atoms with E-state index in [0.717, 1.165) is 5.69 Å². The summed E-state index contributed by atoms with van der Waals surface area (Å²) in [5.41, 5.74) is 4.27. The van der Waals surface area contributed by atoms with Crippen molar-refractivity contribution in [3.8, 4) is 0 Å². The first-order chi connectivity index (χ1) is 9.16. The second-order valence-electron chi connectivity index (χ2n) is 3.94. The summed E-state index contributed by atoms with van der Waals surface area (Å²) in [6.45, 7) is 0. The second kappa shape index (κ2) is 6.15. The number of nitrogens with one attached hydrogen (secondary N) is 2. The van der Waals surface area contributed by atoms with Crippen LogP contribution >= 0.6 is 12.2 Å². The molecule has 19 heavy (non-hydrogen) atoms. The van der Waals surface area contributed by atoms with Crippen molar-refractivity contribution in [2.24, 2.45) is 0 Å². The zero-order chi connectivity index (χ0) is 13.7. The Kier molecular flexibility index (Phi) is 4.30. The van der Waals surface area contributed by atoms with Gasteiger partial charge >= 0.3 is 0 Å². The number of nitrogens with zero attached hydrogens (tertiary/aromatic N) is 1. The lowest BCUT2D eigenvalue weighted by atomic mass is 10.3. The summed E-state index contributed by atoms with van der Waals surface area (Å²) < 4.78 is 13.4. The zero-order valence-corrected chi connectivity index (χ0v) is 11.2. The summed E-state index contributed by atoms with van der Waals surface area (Å²) in [6.07, 6.45) is 0. The molecule has 0 aliphatic heterocycles. The van der Waals surface area contributed by atoms with Crippen molar-refractivity contribution < 1.29 is 4.39 Å². The van der Waals surface area contributed by atoms with E-state index >= 15 is 0 Å². The zero-order valence-electron chi connectivity index (χ0n) is 10.4. The molecule has 0 unspecified atom stereocenters. The molecule has 0 fully saturated rings. The van der Waals surface area contributed by atoms with Gasteiger partial charge in [-0.1, -0.05) is 30.3 Å². The fraction of sp³-hybridized carbons (Fsp3) is 0.0714. The van der Waals surface area contributed by atoms with Crippen LogP contribution < -0.4 is 15.8 Å². The fourth-order valence-corrected chi connectivity index (χ4v) is 1.83. The SMILES string of the molecule is CN(NC(=S)Nc1ccccc1F)c1ccccc1. The van der Waals surface area contributed by atoms with Gasteiger partial charge in [-0.3, -0.25) is 10.4 Å². The van der Waals surface area contributed by atoms with Crippen LogP contribution in [0.15, 0.2) is 54.6 Å². The van der Waals surface area contributed by atoms with Crippen LogP contribution in [0.4, 0.5) is 15.8 Å². The van der Waals surface area contributed by atoms with Gasteiger partial charge in [0, 0.05) is 7.05 Å². The highest BCUT2D eigenvalue weighted by Gasteiger charge is 2.05. The molecule has 0 aliphatic rings. The molecule has 2 aromatic carbocycles. The van der Waals surface area contributed by atoms with E-state index in [-0.39, 0.29) is 5.82 Å². The lowest BCUT2D eigenvalue weighted by Gasteiger charge is -2.22. The van der Waals surface area contributed by atoms with Crippen LogP contribution in [0.25, 0.3) is 0 Å². The van der Waals surface area contributed by atoms with Crippen LogP contribution in [0, 0.1) is 5.82 Å². The van der Waals surface area contributed by atoms with Crippen molar-refractivity contribution >= 4 is 28.7 Å². The lowest BCUT2D eigenvalue weighted by molar-refractivity contribution is 0.632. The van der Waals surface area contributed by atoms with E-state index in [0.29, 0.717) is 10.8 Å². The predicted octanol–water partition coefficient (Wildman–Crippen LogP) is 3.16. The Morgan fingerprint density at radius 1 is 1.05 bits per heavy atom. The highest BCUT2D eigenvalue weighted by Crippen LogP contribution is 2.13. The monoisotopic (exact) mass is 275 g/mol. The van der Waals surface area contributed by atoms with Crippen molar-refractivity contribution in [3.63, 3.8) is 0 Å². The van der Waals surface area contributed by atoms with Crippen molar-refractivity contribution in [1.29, 1.82) is 0 Å². The highest BCUT2D eigenvalue weighted by molar-refractivity contribution is 7.80. The van der Waals surface area contributed by atoms with Crippen LogP contribution in [-0.4, -0.2) is 12.2 Å². The maximum atomic E-state index is 13.4. The van der Waals surface area contributed by atoms with E-state index in [1.165, 1.54) is 6.07 Å². The van der Waals surface area contributed by atoms with E-state index < -0.39 is 0 Å². The molecular formula is C14H14FN3S. The van der Waals surface area contributed by atoms with Crippen LogP contribution in [0.5, 0.6) is 0 Å². The first-order valence-corrected chi connectivity index (χ1v) is 6.18. The van der Waals surface area contributed by atoms with Gasteiger partial charge in [-0.05, 0) is 36.5 Å². The third kappa shape index (κ3) is 3.66. The van der Waals surface area contributed by atoms with Gasteiger partial charge in [-0.2, -0.15) is 0 Å². The average Bonchev–Trinajstić information content (AvgIpc) is 2.42. The molecule has 0 aromatic heterocycles. The van der Waals surface area contributed by atoms with Crippen molar-refractivity contribution in [1.82, 2.24) is 5.43 Å². The number of rotatable bonds is 3. The van der Waals surface area contributed by atoms with E-state index in [4.69, 9.17) is 12.2 Å². The van der Waals surface area contributed by atoms with Gasteiger partial charge in [0.15, 0.2) is 5.11 Å². The lowest BCUT2D eigenvalue weighted by Crippen LogP contribution is -2.41. The second-order valence-corrected chi connectivity index (χ2v) is 4.35. The molecule has 98 valence electrons. The Balaban J connectivity index is 1.97. The summed E-state index contributed by atoms with van der Waals surface area (Å²) in [5.74, 6) is -0.339. The number of thiocarbonyl (C=S) groups is 1. The normalized spacial score (nSPS) is 9.79. The van der Waals surface area contributed by atoms with E-state index in [2.05, 4.69) is 10.7 Å². The molecule has 0 spiro atoms. The minimum absolute atomic E-state index is 0.330. The van der Waals surface area contributed by atoms with Crippen LogP contribution in [-0.2, 0) is 0 Å². The average molecular weight is 275 g/mol. The summed E-state index contributed by atoms with van der Waals surface area (Å²) in [5, 5.41) is 4.90. The van der Waals surface area contributed by atoms with E-state index in [1.54, 1.807) is 23.2 Å². The van der Waals surface area contributed by atoms with E-state index in [1.807, 2.05) is 37.4 Å². The molecule has 3 nitrogen and oxygen atoms in total. The number of anilines is 2. The largest absolute Gasteiger partial charge is 0.329 e. The topological polar surface area (TPSA) is 27.3 Å². The molecule has 0 heterocycles. The number of benzene rings is 2. The Bertz CT molecular complexity index is 560. The number of halogens is 1. The molecule has 0 radical (unpaired) electrons. The van der Waals surface area contributed by atoms with Crippen LogP contribution in [0.1, 0.15) is 0 Å². The number of hydrogen-bond donors (Lipinski definition) is 2. The fourth-order valence-electron chi connectivity index (χ4n) is 1.58. The van der Waals surface area contributed by atoms with Crippen molar-refractivity contribution in [2.45, 2.75) is 0 Å². The highest BCUT2D eigenvalue weighted by atomic mass is 32.1. The summed E-state index contributed by atoms with van der Waals surface area (Å²) in [4.78, 5) is 0. The third-order valence-corrected chi connectivity index (χ3v) is 2.73. The number of para-hydroxylation sites is 2. The molecule has 2 aromatic rings. The van der Waals surface area contributed by atoms with Gasteiger partial charge in [0.1, 0.15) is 5.82 Å². The summed E-state index contributed by atoms with van der Waals surface area (Å²) >= 11 is 5.14. The molecule has 0 aliphatic carbocycles. The van der Waals surface area contributed by atoms with Crippen LogP contribution in [0.2, 0.25) is 0 Å². The molecule has 0 bridgehead atoms. The number of hydrazine groups is 1. The smallest absolute Gasteiger partial charge is 0.189 e. The van der Waals surface area contributed by atoms with Gasteiger partial charge in [-0.25, -0.2) is 4.39 Å². The molecule has 2 N–H and O–H groups in total. The quantitative estimate of drug-likeness (QED) is 0.664. The Morgan fingerprint density at radius 2 is 1.68 bits per heavy atom. The minimum Gasteiger partial charge on any atom is -0.329 e. The molecule has 0 atom stereocenters. The molecule has 2 rings (SSSR count). The Hall–Kier alpha value is -2.14.